The fourth-order valence-electron chi connectivity index (χ4n) is 3.07. The molecule has 1 unspecified atom stereocenters. The van der Waals surface area contributed by atoms with Gasteiger partial charge in [0.2, 0.25) is 0 Å². The van der Waals surface area contributed by atoms with Gasteiger partial charge >= 0.3 is 5.97 Å². The molecule has 0 saturated carbocycles. The average Bonchev–Trinajstić information content (AvgIpc) is 2.89. The first-order valence-electron chi connectivity index (χ1n) is 8.57. The van der Waals surface area contributed by atoms with Crippen LogP contribution in [0.5, 0.6) is 5.75 Å². The number of amides is 1. The third kappa shape index (κ3) is 3.78. The van der Waals surface area contributed by atoms with E-state index in [0.717, 1.165) is 50.1 Å². The van der Waals surface area contributed by atoms with E-state index in [1.807, 2.05) is 29.2 Å². The maximum Gasteiger partial charge on any atom is 0.338 e. The molecule has 1 amide bonds. The first-order chi connectivity index (χ1) is 11.6. The molecular formula is C19H23NO4. The Balaban J connectivity index is 1.62. The highest BCUT2D eigenvalue weighted by Crippen LogP contribution is 2.26. The zero-order valence-electron chi connectivity index (χ0n) is 14.0. The van der Waals surface area contributed by atoms with Crippen molar-refractivity contribution >= 4 is 18.0 Å². The number of hydrogen-bond donors (Lipinski definition) is 0. The number of hydrogen-bond acceptors (Lipinski definition) is 4. The molecule has 3 rings (SSSR count). The molecule has 1 aromatic carbocycles. The summed E-state index contributed by atoms with van der Waals surface area (Å²) in [6, 6.07) is 7.52. The molecular weight excluding hydrogens is 306 g/mol. The van der Waals surface area contributed by atoms with Crippen molar-refractivity contribution in [3.8, 4) is 5.75 Å². The van der Waals surface area contributed by atoms with E-state index < -0.39 is 12.1 Å². The van der Waals surface area contributed by atoms with E-state index in [4.69, 9.17) is 9.47 Å². The van der Waals surface area contributed by atoms with Crippen LogP contribution in [0.2, 0.25) is 0 Å². The molecule has 0 aliphatic carbocycles. The standard InChI is InChI=1S/C19H23NO4/c1-14(18(21)20-10-6-2-3-7-11-20)24-19(22)16-12-15-8-4-5-9-17(15)23-13-16/h4-5,8-9,12,14H,2-3,6-7,10-11,13H2,1H3. The van der Waals surface area contributed by atoms with Crippen LogP contribution in [0.3, 0.4) is 0 Å². The molecule has 5 nitrogen and oxygen atoms in total. The highest BCUT2D eigenvalue weighted by molar-refractivity contribution is 5.96. The topological polar surface area (TPSA) is 55.8 Å². The van der Waals surface area contributed by atoms with Crippen LogP contribution in [-0.2, 0) is 14.3 Å². The second kappa shape index (κ2) is 7.51. The zero-order chi connectivity index (χ0) is 16.9. The lowest BCUT2D eigenvalue weighted by Gasteiger charge is -2.24. The summed E-state index contributed by atoms with van der Waals surface area (Å²) in [5, 5.41) is 0. The maximum atomic E-state index is 12.5. The largest absolute Gasteiger partial charge is 0.488 e. The Labute approximate surface area is 142 Å². The van der Waals surface area contributed by atoms with Crippen molar-refractivity contribution in [2.45, 2.75) is 38.7 Å². The highest BCUT2D eigenvalue weighted by atomic mass is 16.6. The summed E-state index contributed by atoms with van der Waals surface area (Å²) in [6.07, 6.45) is 5.34. The van der Waals surface area contributed by atoms with E-state index in [1.54, 1.807) is 13.0 Å². The average molecular weight is 329 g/mol. The number of carbonyl (C=O) groups is 2. The summed E-state index contributed by atoms with van der Waals surface area (Å²) in [6.45, 7) is 3.31. The molecule has 0 radical (unpaired) electrons. The van der Waals surface area contributed by atoms with Crippen molar-refractivity contribution in [3.63, 3.8) is 0 Å². The maximum absolute atomic E-state index is 12.5. The van der Waals surface area contributed by atoms with Crippen molar-refractivity contribution in [1.82, 2.24) is 4.90 Å². The summed E-state index contributed by atoms with van der Waals surface area (Å²) in [5.41, 5.74) is 1.28. The summed E-state index contributed by atoms with van der Waals surface area (Å²) in [7, 11) is 0. The Kier molecular flexibility index (Phi) is 5.18. The molecule has 1 aromatic rings. The molecule has 0 aromatic heterocycles. The van der Waals surface area contributed by atoms with E-state index >= 15 is 0 Å². The molecule has 1 atom stereocenters. The summed E-state index contributed by atoms with van der Waals surface area (Å²) in [4.78, 5) is 26.6. The Morgan fingerprint density at radius 2 is 1.83 bits per heavy atom. The number of nitrogens with zero attached hydrogens (tertiary/aromatic N) is 1. The molecule has 2 heterocycles. The third-order valence-electron chi connectivity index (χ3n) is 4.44. The van der Waals surface area contributed by atoms with E-state index in [0.29, 0.717) is 5.57 Å². The minimum absolute atomic E-state index is 0.108. The second-order valence-corrected chi connectivity index (χ2v) is 6.28. The Morgan fingerprint density at radius 1 is 1.12 bits per heavy atom. The van der Waals surface area contributed by atoms with Gasteiger partial charge in [0.15, 0.2) is 6.10 Å². The molecule has 2 aliphatic rings. The van der Waals surface area contributed by atoms with Crippen LogP contribution in [0.4, 0.5) is 0 Å². The van der Waals surface area contributed by atoms with Crippen molar-refractivity contribution in [3.05, 3.63) is 35.4 Å². The van der Waals surface area contributed by atoms with Gasteiger partial charge in [0.05, 0.1) is 5.57 Å². The molecule has 0 spiro atoms. The highest BCUT2D eigenvalue weighted by Gasteiger charge is 2.26. The van der Waals surface area contributed by atoms with Crippen LogP contribution < -0.4 is 4.74 Å². The van der Waals surface area contributed by atoms with Gasteiger partial charge in [-0.15, -0.1) is 0 Å². The van der Waals surface area contributed by atoms with Gasteiger partial charge in [-0.3, -0.25) is 4.79 Å². The number of ether oxygens (including phenoxy) is 2. The van der Waals surface area contributed by atoms with Crippen LogP contribution in [0.25, 0.3) is 6.08 Å². The number of carbonyl (C=O) groups excluding carboxylic acids is 2. The molecule has 2 aliphatic heterocycles. The van der Waals surface area contributed by atoms with E-state index in [2.05, 4.69) is 0 Å². The van der Waals surface area contributed by atoms with Crippen LogP contribution >= 0.6 is 0 Å². The predicted molar refractivity (Wildman–Crippen MR) is 90.5 cm³/mol. The Morgan fingerprint density at radius 3 is 2.58 bits per heavy atom. The quantitative estimate of drug-likeness (QED) is 0.800. The van der Waals surface area contributed by atoms with Gasteiger partial charge < -0.3 is 14.4 Å². The van der Waals surface area contributed by atoms with Gasteiger partial charge in [0.1, 0.15) is 12.4 Å². The first kappa shape index (κ1) is 16.6. The SMILES string of the molecule is CC(OC(=O)C1=Cc2ccccc2OC1)C(=O)N1CCCCCC1. The van der Waals surface area contributed by atoms with E-state index in [9.17, 15) is 9.59 Å². The lowest BCUT2D eigenvalue weighted by atomic mass is 10.1. The fourth-order valence-corrected chi connectivity index (χ4v) is 3.07. The van der Waals surface area contributed by atoms with Crippen molar-refractivity contribution in [1.29, 1.82) is 0 Å². The number of benzene rings is 1. The predicted octanol–water partition coefficient (Wildman–Crippen LogP) is 2.80. The summed E-state index contributed by atoms with van der Waals surface area (Å²) < 4.78 is 10.9. The molecule has 1 saturated heterocycles. The van der Waals surface area contributed by atoms with Gasteiger partial charge in [0.25, 0.3) is 5.91 Å². The van der Waals surface area contributed by atoms with Crippen molar-refractivity contribution in [2.24, 2.45) is 0 Å². The molecule has 0 N–H and O–H groups in total. The smallest absolute Gasteiger partial charge is 0.338 e. The molecule has 0 bridgehead atoms. The Hall–Kier alpha value is -2.30. The number of rotatable bonds is 3. The van der Waals surface area contributed by atoms with Gasteiger partial charge in [-0.25, -0.2) is 4.79 Å². The molecule has 24 heavy (non-hydrogen) atoms. The second-order valence-electron chi connectivity index (χ2n) is 6.28. The van der Waals surface area contributed by atoms with Crippen LogP contribution in [0.1, 0.15) is 38.2 Å². The van der Waals surface area contributed by atoms with Crippen LogP contribution in [0.15, 0.2) is 29.8 Å². The lowest BCUT2D eigenvalue weighted by Crippen LogP contribution is -2.40. The van der Waals surface area contributed by atoms with Crippen LogP contribution in [-0.4, -0.2) is 42.6 Å². The lowest BCUT2D eigenvalue weighted by molar-refractivity contribution is -0.156. The van der Waals surface area contributed by atoms with Crippen molar-refractivity contribution < 1.29 is 19.1 Å². The molecule has 128 valence electrons. The van der Waals surface area contributed by atoms with Crippen molar-refractivity contribution in [2.75, 3.05) is 19.7 Å². The van der Waals surface area contributed by atoms with Gasteiger partial charge in [0, 0.05) is 18.7 Å². The first-order valence-corrected chi connectivity index (χ1v) is 8.57. The molecule has 5 heteroatoms. The number of fused-ring (bicyclic) bond motifs is 1. The monoisotopic (exact) mass is 329 g/mol. The van der Waals surface area contributed by atoms with E-state index in [1.165, 1.54) is 0 Å². The van der Waals surface area contributed by atoms with Gasteiger partial charge in [-0.05, 0) is 31.9 Å². The zero-order valence-corrected chi connectivity index (χ0v) is 14.0. The number of likely N-dealkylation sites (tertiary alicyclic amines) is 1. The normalized spacial score (nSPS) is 18.5. The summed E-state index contributed by atoms with van der Waals surface area (Å²) in [5.74, 6) is 0.158. The third-order valence-corrected chi connectivity index (χ3v) is 4.44. The fraction of sp³-hybridized carbons (Fsp3) is 0.474. The number of para-hydroxylation sites is 1. The van der Waals surface area contributed by atoms with Gasteiger partial charge in [-0.2, -0.15) is 0 Å². The molecule has 1 fully saturated rings. The number of esters is 1. The van der Waals surface area contributed by atoms with Gasteiger partial charge in [-0.1, -0.05) is 31.0 Å². The van der Waals surface area contributed by atoms with Crippen LogP contribution in [0, 0.1) is 0 Å². The Bertz CT molecular complexity index is 645. The minimum atomic E-state index is -0.770. The summed E-state index contributed by atoms with van der Waals surface area (Å²) >= 11 is 0. The minimum Gasteiger partial charge on any atom is -0.488 e. The van der Waals surface area contributed by atoms with E-state index in [-0.39, 0.29) is 12.5 Å².